The van der Waals surface area contributed by atoms with Gasteiger partial charge in [0.15, 0.2) is 0 Å². The number of nitrogens with zero attached hydrogens (tertiary/aromatic N) is 2. The summed E-state index contributed by atoms with van der Waals surface area (Å²) in [6, 6.07) is 5.13. The summed E-state index contributed by atoms with van der Waals surface area (Å²) in [5.74, 6) is -1.01. The highest BCUT2D eigenvalue weighted by atomic mass is 32.1. The van der Waals surface area contributed by atoms with Crippen molar-refractivity contribution in [3.63, 3.8) is 0 Å². The van der Waals surface area contributed by atoms with E-state index in [9.17, 15) is 18.4 Å². The average molecular weight is 356 g/mol. The minimum absolute atomic E-state index is 0.0534. The van der Waals surface area contributed by atoms with Gasteiger partial charge in [-0.1, -0.05) is 18.3 Å². The van der Waals surface area contributed by atoms with Gasteiger partial charge in [0.05, 0.1) is 6.54 Å². The Morgan fingerprint density at radius 3 is 2.54 bits per heavy atom. The smallest absolute Gasteiger partial charge is 0.387 e. The number of aryl methyl sites for hydroxylation is 1. The molecule has 0 saturated carbocycles. The fourth-order valence-corrected chi connectivity index (χ4v) is 2.36. The van der Waals surface area contributed by atoms with E-state index in [1.165, 1.54) is 35.6 Å². The highest BCUT2D eigenvalue weighted by Crippen LogP contribution is 2.16. The Balaban J connectivity index is 1.82. The largest absolute Gasteiger partial charge is 0.435 e. The van der Waals surface area contributed by atoms with E-state index >= 15 is 0 Å². The molecule has 128 valence electrons. The summed E-state index contributed by atoms with van der Waals surface area (Å²) < 4.78 is 28.3. The number of carbonyl (C=O) groups excluding carboxylic acids is 2. The molecule has 10 heteroatoms. The van der Waals surface area contributed by atoms with E-state index in [1.54, 1.807) is 0 Å². The van der Waals surface area contributed by atoms with E-state index in [0.29, 0.717) is 5.13 Å². The summed E-state index contributed by atoms with van der Waals surface area (Å²) in [5.41, 5.74) is 0.216. The number of amides is 2. The summed E-state index contributed by atoms with van der Waals surface area (Å²) in [6.45, 7) is -1.26. The Labute approximate surface area is 140 Å². The van der Waals surface area contributed by atoms with Crippen LogP contribution in [-0.2, 0) is 11.2 Å². The molecular formula is C14H14F2N4O3S. The number of aromatic nitrogens is 2. The van der Waals surface area contributed by atoms with Crippen LogP contribution in [0.5, 0.6) is 5.75 Å². The number of benzene rings is 1. The van der Waals surface area contributed by atoms with Crippen LogP contribution in [0, 0.1) is 0 Å². The molecule has 2 rings (SSSR count). The summed E-state index contributed by atoms with van der Waals surface area (Å²) in [4.78, 5) is 23.6. The molecule has 2 amide bonds. The maximum atomic E-state index is 12.0. The molecule has 7 nitrogen and oxygen atoms in total. The molecule has 1 aromatic carbocycles. The molecule has 1 aromatic heterocycles. The SMILES string of the molecule is CCc1nnc(NC(=O)CNC(=O)c2ccc(OC(F)F)cc2)s1. The van der Waals surface area contributed by atoms with Gasteiger partial charge in [-0.25, -0.2) is 0 Å². The number of rotatable bonds is 7. The van der Waals surface area contributed by atoms with Gasteiger partial charge < -0.3 is 10.1 Å². The fraction of sp³-hybridized carbons (Fsp3) is 0.286. The summed E-state index contributed by atoms with van der Waals surface area (Å²) in [5, 5.41) is 13.7. The molecule has 0 aliphatic heterocycles. The van der Waals surface area contributed by atoms with Crippen LogP contribution >= 0.6 is 11.3 Å². The first-order chi connectivity index (χ1) is 11.5. The van der Waals surface area contributed by atoms with Crippen LogP contribution in [-0.4, -0.2) is 35.2 Å². The van der Waals surface area contributed by atoms with Crippen LogP contribution in [0.4, 0.5) is 13.9 Å². The van der Waals surface area contributed by atoms with Crippen molar-refractivity contribution in [1.82, 2.24) is 15.5 Å². The fourth-order valence-electron chi connectivity index (χ4n) is 1.66. The number of carbonyl (C=O) groups is 2. The highest BCUT2D eigenvalue weighted by molar-refractivity contribution is 7.15. The lowest BCUT2D eigenvalue weighted by molar-refractivity contribution is -0.115. The molecule has 0 radical (unpaired) electrons. The van der Waals surface area contributed by atoms with Crippen molar-refractivity contribution < 1.29 is 23.1 Å². The number of halogens is 2. The number of anilines is 1. The zero-order valence-corrected chi connectivity index (χ0v) is 13.4. The quantitative estimate of drug-likeness (QED) is 0.792. The van der Waals surface area contributed by atoms with Gasteiger partial charge in [0.25, 0.3) is 5.91 Å². The predicted octanol–water partition coefficient (Wildman–Crippen LogP) is 2.07. The Kier molecular flexibility index (Phi) is 6.13. The van der Waals surface area contributed by atoms with Gasteiger partial charge >= 0.3 is 6.61 Å². The van der Waals surface area contributed by atoms with E-state index < -0.39 is 18.4 Å². The molecule has 2 aromatic rings. The monoisotopic (exact) mass is 356 g/mol. The second-order valence-electron chi connectivity index (χ2n) is 4.49. The summed E-state index contributed by atoms with van der Waals surface area (Å²) in [7, 11) is 0. The van der Waals surface area contributed by atoms with Crippen molar-refractivity contribution in [2.45, 2.75) is 20.0 Å². The summed E-state index contributed by atoms with van der Waals surface area (Å²) >= 11 is 1.26. The molecule has 0 unspecified atom stereocenters. The lowest BCUT2D eigenvalue weighted by Gasteiger charge is -2.07. The first-order valence-corrected chi connectivity index (χ1v) is 7.75. The number of nitrogens with one attached hydrogen (secondary N) is 2. The van der Waals surface area contributed by atoms with Gasteiger partial charge in [-0.15, -0.1) is 10.2 Å². The molecule has 0 saturated heterocycles. The second kappa shape index (κ2) is 8.29. The minimum Gasteiger partial charge on any atom is -0.435 e. The zero-order chi connectivity index (χ0) is 17.5. The third-order valence-electron chi connectivity index (χ3n) is 2.77. The van der Waals surface area contributed by atoms with Crippen LogP contribution in [0.3, 0.4) is 0 Å². The van der Waals surface area contributed by atoms with Crippen LogP contribution in [0.25, 0.3) is 0 Å². The normalized spacial score (nSPS) is 10.5. The standard InChI is InChI=1S/C14H14F2N4O3S/c1-2-11-19-20-14(24-11)18-10(21)7-17-12(22)8-3-5-9(6-4-8)23-13(15)16/h3-6,13H,2,7H2,1H3,(H,17,22)(H,18,20,21). The molecule has 2 N–H and O–H groups in total. The average Bonchev–Trinajstić information content (AvgIpc) is 3.00. The molecular weight excluding hydrogens is 342 g/mol. The Morgan fingerprint density at radius 2 is 1.96 bits per heavy atom. The third-order valence-corrected chi connectivity index (χ3v) is 3.75. The van der Waals surface area contributed by atoms with Crippen LogP contribution in [0.1, 0.15) is 22.3 Å². The first-order valence-electron chi connectivity index (χ1n) is 6.93. The van der Waals surface area contributed by atoms with Gasteiger partial charge in [0, 0.05) is 5.56 Å². The number of hydrogen-bond acceptors (Lipinski definition) is 6. The lowest BCUT2D eigenvalue weighted by atomic mass is 10.2. The Morgan fingerprint density at radius 1 is 1.25 bits per heavy atom. The first kappa shape index (κ1) is 17.7. The lowest BCUT2D eigenvalue weighted by Crippen LogP contribution is -2.32. The van der Waals surface area contributed by atoms with Crippen molar-refractivity contribution in [2.75, 3.05) is 11.9 Å². The Hall–Kier alpha value is -2.62. The van der Waals surface area contributed by atoms with Crippen LogP contribution in [0.15, 0.2) is 24.3 Å². The van der Waals surface area contributed by atoms with Crippen molar-refractivity contribution in [2.24, 2.45) is 0 Å². The van der Waals surface area contributed by atoms with Gasteiger partial charge in [-0.3, -0.25) is 14.9 Å². The summed E-state index contributed by atoms with van der Waals surface area (Å²) in [6.07, 6.45) is 0.718. The molecule has 0 fully saturated rings. The van der Waals surface area contributed by atoms with Crippen molar-refractivity contribution in [3.8, 4) is 5.75 Å². The van der Waals surface area contributed by atoms with Gasteiger partial charge in [-0.2, -0.15) is 8.78 Å². The molecule has 0 aliphatic rings. The number of ether oxygens (including phenoxy) is 1. The predicted molar refractivity (Wildman–Crippen MR) is 83.3 cm³/mol. The van der Waals surface area contributed by atoms with E-state index in [4.69, 9.17) is 0 Å². The molecule has 0 bridgehead atoms. The van der Waals surface area contributed by atoms with E-state index in [-0.39, 0.29) is 17.9 Å². The molecule has 24 heavy (non-hydrogen) atoms. The maximum Gasteiger partial charge on any atom is 0.387 e. The van der Waals surface area contributed by atoms with Crippen molar-refractivity contribution >= 4 is 28.3 Å². The van der Waals surface area contributed by atoms with Crippen molar-refractivity contribution in [1.29, 1.82) is 0 Å². The zero-order valence-electron chi connectivity index (χ0n) is 12.6. The molecule has 1 heterocycles. The van der Waals surface area contributed by atoms with E-state index in [2.05, 4.69) is 25.6 Å². The molecule has 0 spiro atoms. The van der Waals surface area contributed by atoms with Gasteiger partial charge in [0.2, 0.25) is 11.0 Å². The third kappa shape index (κ3) is 5.23. The number of hydrogen-bond donors (Lipinski definition) is 2. The second-order valence-corrected chi connectivity index (χ2v) is 5.55. The van der Waals surface area contributed by atoms with E-state index in [1.807, 2.05) is 6.92 Å². The van der Waals surface area contributed by atoms with E-state index in [0.717, 1.165) is 11.4 Å². The molecule has 0 atom stereocenters. The van der Waals surface area contributed by atoms with Crippen molar-refractivity contribution in [3.05, 3.63) is 34.8 Å². The van der Waals surface area contributed by atoms with Crippen LogP contribution < -0.4 is 15.4 Å². The molecule has 0 aliphatic carbocycles. The van der Waals surface area contributed by atoms with Gasteiger partial charge in [0.1, 0.15) is 10.8 Å². The highest BCUT2D eigenvalue weighted by Gasteiger charge is 2.11. The maximum absolute atomic E-state index is 12.0. The van der Waals surface area contributed by atoms with Gasteiger partial charge in [-0.05, 0) is 30.7 Å². The minimum atomic E-state index is -2.93. The number of alkyl halides is 2. The topological polar surface area (TPSA) is 93.2 Å². The van der Waals surface area contributed by atoms with Crippen LogP contribution in [0.2, 0.25) is 0 Å². The Bertz CT molecular complexity index is 706.